The van der Waals surface area contributed by atoms with E-state index in [0.717, 1.165) is 18.9 Å². The smallest absolute Gasteiger partial charge is 0.265 e. The van der Waals surface area contributed by atoms with Crippen LogP contribution in [-0.2, 0) is 10.0 Å². The van der Waals surface area contributed by atoms with Crippen molar-refractivity contribution >= 4 is 21.5 Å². The van der Waals surface area contributed by atoms with Crippen LogP contribution >= 0.6 is 0 Å². The summed E-state index contributed by atoms with van der Waals surface area (Å²) in [7, 11) is -3.66. The van der Waals surface area contributed by atoms with E-state index < -0.39 is 10.0 Å². The van der Waals surface area contributed by atoms with E-state index in [2.05, 4.69) is 24.8 Å². The molecular weight excluding hydrogens is 302 g/mol. The van der Waals surface area contributed by atoms with Crippen molar-refractivity contribution in [1.29, 1.82) is 0 Å². The van der Waals surface area contributed by atoms with Gasteiger partial charge in [-0.1, -0.05) is 0 Å². The number of sulfonamides is 1. The summed E-state index contributed by atoms with van der Waals surface area (Å²) in [5, 5.41) is 6.61. The lowest BCUT2D eigenvalue weighted by Gasteiger charge is -2.16. The number of aromatic nitrogens is 3. The molecule has 1 aliphatic heterocycles. The van der Waals surface area contributed by atoms with Gasteiger partial charge in [0.2, 0.25) is 0 Å². The molecule has 0 saturated carbocycles. The first kappa shape index (κ1) is 14.8. The molecule has 22 heavy (non-hydrogen) atoms. The highest BCUT2D eigenvalue weighted by molar-refractivity contribution is 7.92. The molecule has 3 rings (SSSR count). The number of aromatic amines is 1. The Morgan fingerprint density at radius 1 is 1.23 bits per heavy atom. The van der Waals surface area contributed by atoms with E-state index in [9.17, 15) is 8.42 Å². The van der Waals surface area contributed by atoms with Crippen molar-refractivity contribution in [2.75, 3.05) is 22.7 Å². The number of rotatable bonds is 4. The van der Waals surface area contributed by atoms with Crippen LogP contribution in [0.15, 0.2) is 23.2 Å². The lowest BCUT2D eigenvalue weighted by molar-refractivity contribution is 0.600. The van der Waals surface area contributed by atoms with Crippen molar-refractivity contribution in [1.82, 2.24) is 15.2 Å². The summed E-state index contributed by atoms with van der Waals surface area (Å²) in [6.45, 7) is 5.35. The fourth-order valence-corrected chi connectivity index (χ4v) is 4.14. The Hall–Kier alpha value is -2.09. The minimum Gasteiger partial charge on any atom is -0.357 e. The van der Waals surface area contributed by atoms with Gasteiger partial charge in [0.1, 0.15) is 10.7 Å². The predicted octanol–water partition coefficient (Wildman–Crippen LogP) is 1.82. The molecule has 2 N–H and O–H groups in total. The zero-order valence-electron chi connectivity index (χ0n) is 12.6. The third kappa shape index (κ3) is 2.78. The molecule has 118 valence electrons. The van der Waals surface area contributed by atoms with Crippen LogP contribution in [0.4, 0.5) is 11.5 Å². The van der Waals surface area contributed by atoms with Gasteiger partial charge in [-0.05, 0) is 38.8 Å². The normalized spacial score (nSPS) is 15.3. The molecule has 1 aliphatic rings. The second kappa shape index (κ2) is 5.60. The molecule has 1 fully saturated rings. The SMILES string of the molecule is Cc1n[nH]c(C)c1S(=O)(=O)Nc1ccc(N2CCCC2)nc1. The van der Waals surface area contributed by atoms with E-state index in [4.69, 9.17) is 0 Å². The number of aryl methyl sites for hydroxylation is 2. The molecule has 0 atom stereocenters. The molecule has 0 aliphatic carbocycles. The maximum absolute atomic E-state index is 12.4. The lowest BCUT2D eigenvalue weighted by Crippen LogP contribution is -2.19. The van der Waals surface area contributed by atoms with Gasteiger partial charge in [-0.3, -0.25) is 9.82 Å². The topological polar surface area (TPSA) is 91.0 Å². The fourth-order valence-electron chi connectivity index (χ4n) is 2.72. The van der Waals surface area contributed by atoms with Gasteiger partial charge in [0.05, 0.1) is 23.3 Å². The molecule has 0 radical (unpaired) electrons. The van der Waals surface area contributed by atoms with Crippen LogP contribution in [0, 0.1) is 13.8 Å². The number of nitrogens with zero attached hydrogens (tertiary/aromatic N) is 3. The van der Waals surface area contributed by atoms with Crippen LogP contribution in [0.1, 0.15) is 24.2 Å². The number of anilines is 2. The Bertz CT molecular complexity index is 742. The number of pyridine rings is 1. The Morgan fingerprint density at radius 3 is 2.50 bits per heavy atom. The van der Waals surface area contributed by atoms with Gasteiger partial charge in [-0.25, -0.2) is 13.4 Å². The highest BCUT2D eigenvalue weighted by Gasteiger charge is 2.22. The van der Waals surface area contributed by atoms with Crippen molar-refractivity contribution in [2.45, 2.75) is 31.6 Å². The van der Waals surface area contributed by atoms with Crippen LogP contribution in [0.25, 0.3) is 0 Å². The lowest BCUT2D eigenvalue weighted by atomic mass is 10.4. The van der Waals surface area contributed by atoms with Crippen LogP contribution in [0.3, 0.4) is 0 Å². The summed E-state index contributed by atoms with van der Waals surface area (Å²) >= 11 is 0. The van der Waals surface area contributed by atoms with E-state index in [1.165, 1.54) is 12.8 Å². The van der Waals surface area contributed by atoms with E-state index in [0.29, 0.717) is 17.1 Å². The molecule has 0 amide bonds. The average molecular weight is 321 g/mol. The molecule has 7 nitrogen and oxygen atoms in total. The molecule has 0 bridgehead atoms. The highest BCUT2D eigenvalue weighted by atomic mass is 32.2. The summed E-state index contributed by atoms with van der Waals surface area (Å²) in [5.41, 5.74) is 1.42. The van der Waals surface area contributed by atoms with Gasteiger partial charge < -0.3 is 4.90 Å². The summed E-state index contributed by atoms with van der Waals surface area (Å²) < 4.78 is 27.4. The van der Waals surface area contributed by atoms with Gasteiger partial charge in [0.15, 0.2) is 0 Å². The molecule has 8 heteroatoms. The zero-order chi connectivity index (χ0) is 15.7. The van der Waals surface area contributed by atoms with Gasteiger partial charge >= 0.3 is 0 Å². The predicted molar refractivity (Wildman–Crippen MR) is 84.6 cm³/mol. The number of nitrogens with one attached hydrogen (secondary N) is 2. The van der Waals surface area contributed by atoms with Crippen molar-refractivity contribution in [3.05, 3.63) is 29.7 Å². The molecule has 1 saturated heterocycles. The molecule has 0 aromatic carbocycles. The van der Waals surface area contributed by atoms with Crippen LogP contribution in [0.2, 0.25) is 0 Å². The minimum absolute atomic E-state index is 0.191. The van der Waals surface area contributed by atoms with Gasteiger partial charge in [0, 0.05) is 13.1 Å². The molecule has 0 spiro atoms. The van der Waals surface area contributed by atoms with E-state index in [-0.39, 0.29) is 4.90 Å². The molecule has 3 heterocycles. The molecule has 2 aromatic rings. The molecular formula is C14H19N5O2S. The third-order valence-electron chi connectivity index (χ3n) is 3.76. The summed E-state index contributed by atoms with van der Waals surface area (Å²) in [6.07, 6.45) is 3.90. The van der Waals surface area contributed by atoms with Crippen LogP contribution in [-0.4, -0.2) is 36.7 Å². The van der Waals surface area contributed by atoms with Gasteiger partial charge in [-0.2, -0.15) is 5.10 Å². The summed E-state index contributed by atoms with van der Waals surface area (Å²) in [5.74, 6) is 0.885. The first-order chi connectivity index (χ1) is 10.5. The average Bonchev–Trinajstić information content (AvgIpc) is 3.09. The van der Waals surface area contributed by atoms with Crippen molar-refractivity contribution < 1.29 is 8.42 Å². The quantitative estimate of drug-likeness (QED) is 0.896. The van der Waals surface area contributed by atoms with Gasteiger partial charge in [0.25, 0.3) is 10.0 Å². The van der Waals surface area contributed by atoms with Crippen LogP contribution < -0.4 is 9.62 Å². The Morgan fingerprint density at radius 2 is 1.95 bits per heavy atom. The summed E-state index contributed by atoms with van der Waals surface area (Å²) in [6, 6.07) is 3.58. The first-order valence-electron chi connectivity index (χ1n) is 7.23. The van der Waals surface area contributed by atoms with E-state index in [1.807, 2.05) is 6.07 Å². The Labute approximate surface area is 129 Å². The summed E-state index contributed by atoms with van der Waals surface area (Å²) in [4.78, 5) is 6.73. The van der Waals surface area contributed by atoms with Crippen molar-refractivity contribution in [2.24, 2.45) is 0 Å². The maximum atomic E-state index is 12.4. The Balaban J connectivity index is 1.80. The highest BCUT2D eigenvalue weighted by Crippen LogP contribution is 2.23. The fraction of sp³-hybridized carbons (Fsp3) is 0.429. The zero-order valence-corrected chi connectivity index (χ0v) is 13.4. The van der Waals surface area contributed by atoms with E-state index in [1.54, 1.807) is 26.1 Å². The number of H-pyrrole nitrogens is 1. The van der Waals surface area contributed by atoms with Crippen LogP contribution in [0.5, 0.6) is 0 Å². The second-order valence-corrected chi connectivity index (χ2v) is 7.09. The first-order valence-corrected chi connectivity index (χ1v) is 8.71. The maximum Gasteiger partial charge on any atom is 0.265 e. The minimum atomic E-state index is -3.66. The molecule has 0 unspecified atom stereocenters. The Kier molecular flexibility index (Phi) is 3.78. The standard InChI is InChI=1S/C14H19N5O2S/c1-10-14(11(2)17-16-10)22(20,21)18-12-5-6-13(15-9-12)19-7-3-4-8-19/h5-6,9,18H,3-4,7-8H2,1-2H3,(H,16,17). The van der Waals surface area contributed by atoms with E-state index >= 15 is 0 Å². The monoisotopic (exact) mass is 321 g/mol. The third-order valence-corrected chi connectivity index (χ3v) is 5.40. The largest absolute Gasteiger partial charge is 0.357 e. The molecule has 2 aromatic heterocycles. The van der Waals surface area contributed by atoms with Crippen molar-refractivity contribution in [3.8, 4) is 0 Å². The van der Waals surface area contributed by atoms with Gasteiger partial charge in [-0.15, -0.1) is 0 Å². The second-order valence-electron chi connectivity index (χ2n) is 5.47. The number of hydrogen-bond donors (Lipinski definition) is 2. The van der Waals surface area contributed by atoms with Crippen molar-refractivity contribution in [3.63, 3.8) is 0 Å². The number of hydrogen-bond acceptors (Lipinski definition) is 5.